The van der Waals surface area contributed by atoms with E-state index < -0.39 is 19.7 Å². The number of hydrogen-bond acceptors (Lipinski definition) is 3. The molecule has 0 aliphatic carbocycles. The maximum atomic E-state index is 11.0. The van der Waals surface area contributed by atoms with Gasteiger partial charge in [0.2, 0.25) is 0 Å². The molecule has 0 bridgehead atoms. The number of alkyl halides is 1. The molecule has 1 rings (SSSR count). The van der Waals surface area contributed by atoms with Gasteiger partial charge in [-0.05, 0) is 5.56 Å². The highest BCUT2D eigenvalue weighted by Crippen LogP contribution is 2.29. The fourth-order valence-corrected chi connectivity index (χ4v) is 2.85. The Balaban J connectivity index is 3.05. The Kier molecular flexibility index (Phi) is 3.97. The minimum Gasteiger partial charge on any atom is -0.211 e. The Bertz CT molecular complexity index is 467. The molecule has 0 radical (unpaired) electrons. The first-order valence-corrected chi connectivity index (χ1v) is 6.80. The molecule has 0 saturated heterocycles. The molecule has 6 heteroatoms. The Morgan fingerprint density at radius 3 is 2.20 bits per heavy atom. The quantitative estimate of drug-likeness (QED) is 0.622. The fraction of sp³-hybridized carbons (Fsp3) is 0.222. The van der Waals surface area contributed by atoms with Crippen LogP contribution in [0.25, 0.3) is 0 Å². The summed E-state index contributed by atoms with van der Waals surface area (Å²) in [6.07, 6.45) is 0. The van der Waals surface area contributed by atoms with Gasteiger partial charge < -0.3 is 0 Å². The second kappa shape index (κ2) is 4.84. The summed E-state index contributed by atoms with van der Waals surface area (Å²) in [7, 11) is 1.13. The van der Waals surface area contributed by atoms with Crippen molar-refractivity contribution < 1.29 is 8.42 Å². The molecule has 80 valence electrons. The topological polar surface area (TPSA) is 57.9 Å². The standard InChI is InChI=1S/C9H7Cl2NO2S/c10-9(7-4-2-1-3-5-7)8(6-12)15(11,13)14/h1-5,8-9H. The van der Waals surface area contributed by atoms with Crippen molar-refractivity contribution in [1.82, 2.24) is 0 Å². The third-order valence-electron chi connectivity index (χ3n) is 1.81. The van der Waals surface area contributed by atoms with E-state index in [4.69, 9.17) is 27.5 Å². The van der Waals surface area contributed by atoms with Crippen LogP contribution < -0.4 is 0 Å². The molecule has 0 aliphatic heterocycles. The molecule has 0 spiro atoms. The van der Waals surface area contributed by atoms with Crippen molar-refractivity contribution >= 4 is 31.3 Å². The molecule has 0 aromatic heterocycles. The van der Waals surface area contributed by atoms with E-state index in [1.54, 1.807) is 36.4 Å². The highest BCUT2D eigenvalue weighted by atomic mass is 35.7. The zero-order valence-corrected chi connectivity index (χ0v) is 9.80. The lowest BCUT2D eigenvalue weighted by atomic mass is 10.1. The van der Waals surface area contributed by atoms with E-state index in [0.29, 0.717) is 5.56 Å². The summed E-state index contributed by atoms with van der Waals surface area (Å²) < 4.78 is 22.1. The van der Waals surface area contributed by atoms with Crippen LogP contribution >= 0.6 is 22.3 Å². The second-order valence-corrected chi connectivity index (χ2v) is 6.06. The second-order valence-electron chi connectivity index (χ2n) is 2.84. The van der Waals surface area contributed by atoms with E-state index in [9.17, 15) is 8.42 Å². The smallest absolute Gasteiger partial charge is 0.211 e. The van der Waals surface area contributed by atoms with Crippen LogP contribution in [-0.2, 0) is 9.05 Å². The average molecular weight is 264 g/mol. The maximum absolute atomic E-state index is 11.0. The van der Waals surface area contributed by atoms with E-state index in [1.165, 1.54) is 0 Å². The minimum atomic E-state index is -3.98. The van der Waals surface area contributed by atoms with E-state index in [1.807, 2.05) is 0 Å². The molecular weight excluding hydrogens is 257 g/mol. The van der Waals surface area contributed by atoms with Crippen molar-refractivity contribution in [3.05, 3.63) is 35.9 Å². The van der Waals surface area contributed by atoms with Crippen LogP contribution in [0.15, 0.2) is 30.3 Å². The van der Waals surface area contributed by atoms with Gasteiger partial charge in [-0.3, -0.25) is 0 Å². The summed E-state index contributed by atoms with van der Waals surface area (Å²) >= 11 is 5.87. The Morgan fingerprint density at radius 2 is 1.80 bits per heavy atom. The van der Waals surface area contributed by atoms with Gasteiger partial charge in [-0.2, -0.15) is 5.26 Å². The lowest BCUT2D eigenvalue weighted by Crippen LogP contribution is -2.19. The zero-order chi connectivity index (χ0) is 11.5. The Hall–Kier alpha value is -0.760. The summed E-state index contributed by atoms with van der Waals surface area (Å²) in [4.78, 5) is 0. The van der Waals surface area contributed by atoms with Gasteiger partial charge in [0, 0.05) is 10.7 Å². The molecule has 0 N–H and O–H groups in total. The van der Waals surface area contributed by atoms with Crippen LogP contribution in [0, 0.1) is 11.3 Å². The monoisotopic (exact) mass is 263 g/mol. The van der Waals surface area contributed by atoms with Crippen molar-refractivity contribution in [3.8, 4) is 6.07 Å². The van der Waals surface area contributed by atoms with Crippen LogP contribution in [0.4, 0.5) is 0 Å². The van der Waals surface area contributed by atoms with E-state index in [-0.39, 0.29) is 0 Å². The molecular formula is C9H7Cl2NO2S. The third kappa shape index (κ3) is 3.10. The van der Waals surface area contributed by atoms with Crippen molar-refractivity contribution in [1.29, 1.82) is 5.26 Å². The summed E-state index contributed by atoms with van der Waals surface area (Å²) in [6.45, 7) is 0. The molecule has 2 unspecified atom stereocenters. The number of benzene rings is 1. The zero-order valence-electron chi connectivity index (χ0n) is 7.47. The molecule has 0 fully saturated rings. The fourth-order valence-electron chi connectivity index (χ4n) is 1.08. The largest absolute Gasteiger partial charge is 0.250 e. The minimum absolute atomic E-state index is 0.551. The van der Waals surface area contributed by atoms with Gasteiger partial charge in [-0.25, -0.2) is 8.42 Å². The average Bonchev–Trinajstić information content (AvgIpc) is 2.18. The number of hydrogen-bond donors (Lipinski definition) is 0. The van der Waals surface area contributed by atoms with Gasteiger partial charge in [-0.1, -0.05) is 30.3 Å². The van der Waals surface area contributed by atoms with Crippen LogP contribution in [-0.4, -0.2) is 13.7 Å². The molecule has 2 atom stereocenters. The molecule has 0 saturated carbocycles. The number of nitriles is 1. The molecule has 15 heavy (non-hydrogen) atoms. The van der Waals surface area contributed by atoms with E-state index >= 15 is 0 Å². The van der Waals surface area contributed by atoms with Crippen molar-refractivity contribution in [2.24, 2.45) is 0 Å². The number of nitrogens with zero attached hydrogens (tertiary/aromatic N) is 1. The first kappa shape index (κ1) is 12.3. The molecule has 0 heterocycles. The van der Waals surface area contributed by atoms with Crippen LogP contribution in [0.3, 0.4) is 0 Å². The maximum Gasteiger partial charge on any atom is 0.250 e. The van der Waals surface area contributed by atoms with Gasteiger partial charge in [0.25, 0.3) is 9.05 Å². The third-order valence-corrected chi connectivity index (χ3v) is 4.03. The van der Waals surface area contributed by atoms with Crippen LogP contribution in [0.1, 0.15) is 10.9 Å². The van der Waals surface area contributed by atoms with Crippen LogP contribution in [0.5, 0.6) is 0 Å². The molecule has 0 amide bonds. The summed E-state index contributed by atoms with van der Waals surface area (Å²) in [6, 6.07) is 10.1. The molecule has 1 aromatic carbocycles. The predicted molar refractivity (Wildman–Crippen MR) is 59.2 cm³/mol. The van der Waals surface area contributed by atoms with Crippen molar-refractivity contribution in [2.75, 3.05) is 0 Å². The SMILES string of the molecule is N#CC(C(Cl)c1ccccc1)S(=O)(=O)Cl. The summed E-state index contributed by atoms with van der Waals surface area (Å²) in [5, 5.41) is 6.29. The lowest BCUT2D eigenvalue weighted by Gasteiger charge is -2.12. The molecule has 1 aromatic rings. The van der Waals surface area contributed by atoms with Gasteiger partial charge in [0.1, 0.15) is 0 Å². The first-order chi connectivity index (χ1) is 6.96. The van der Waals surface area contributed by atoms with Gasteiger partial charge in [0.05, 0.1) is 11.4 Å². The number of rotatable bonds is 3. The Morgan fingerprint density at radius 1 is 1.27 bits per heavy atom. The number of halogens is 2. The van der Waals surface area contributed by atoms with Gasteiger partial charge in [-0.15, -0.1) is 11.6 Å². The Labute approximate surface area is 97.7 Å². The van der Waals surface area contributed by atoms with Crippen molar-refractivity contribution in [3.63, 3.8) is 0 Å². The van der Waals surface area contributed by atoms with Crippen LogP contribution in [0.2, 0.25) is 0 Å². The highest BCUT2D eigenvalue weighted by Gasteiger charge is 2.31. The molecule has 0 aliphatic rings. The molecule has 3 nitrogen and oxygen atoms in total. The predicted octanol–water partition coefficient (Wildman–Crippen LogP) is 2.43. The highest BCUT2D eigenvalue weighted by molar-refractivity contribution is 8.14. The normalized spacial score (nSPS) is 15.3. The van der Waals surface area contributed by atoms with E-state index in [0.717, 1.165) is 0 Å². The van der Waals surface area contributed by atoms with Crippen molar-refractivity contribution in [2.45, 2.75) is 10.6 Å². The van der Waals surface area contributed by atoms with Gasteiger partial charge in [0.15, 0.2) is 5.25 Å². The van der Waals surface area contributed by atoms with Gasteiger partial charge >= 0.3 is 0 Å². The first-order valence-electron chi connectivity index (χ1n) is 3.99. The lowest BCUT2D eigenvalue weighted by molar-refractivity contribution is 0.601. The summed E-state index contributed by atoms with van der Waals surface area (Å²) in [5.74, 6) is 0. The summed E-state index contributed by atoms with van der Waals surface area (Å²) in [5.41, 5.74) is 0.551. The van der Waals surface area contributed by atoms with E-state index in [2.05, 4.69) is 0 Å².